The maximum Gasteiger partial charge on any atom is 0.187 e. The van der Waals surface area contributed by atoms with Gasteiger partial charge in [0.15, 0.2) is 11.9 Å². The van der Waals surface area contributed by atoms with Gasteiger partial charge in [-0.3, -0.25) is 0 Å². The predicted molar refractivity (Wildman–Crippen MR) is 123 cm³/mol. The molecule has 1 aliphatic rings. The number of ether oxygens (including phenoxy) is 2. The van der Waals surface area contributed by atoms with Crippen LogP contribution in [0.5, 0.6) is 0 Å². The molecule has 0 radical (unpaired) electrons. The lowest BCUT2D eigenvalue weighted by Crippen LogP contribution is -2.24. The van der Waals surface area contributed by atoms with Crippen molar-refractivity contribution in [1.82, 2.24) is 19.6 Å². The van der Waals surface area contributed by atoms with Crippen molar-refractivity contribution in [3.05, 3.63) is 41.4 Å². The molecule has 1 aliphatic heterocycles. The monoisotopic (exact) mass is 443 g/mol. The third-order valence-corrected chi connectivity index (χ3v) is 6.50. The molecular weight excluding hydrogens is 414 g/mol. The molecule has 0 bridgehead atoms. The van der Waals surface area contributed by atoms with Crippen molar-refractivity contribution >= 4 is 23.1 Å². The van der Waals surface area contributed by atoms with Gasteiger partial charge in [0.25, 0.3) is 0 Å². The molecule has 1 fully saturated rings. The fourth-order valence-corrected chi connectivity index (χ4v) is 4.49. The number of hydrogen-bond acceptors (Lipinski definition) is 6. The molecule has 4 rings (SSSR count). The Morgan fingerprint density at radius 1 is 1.32 bits per heavy atom. The minimum absolute atomic E-state index is 0.0744. The molecule has 0 aliphatic carbocycles. The second-order valence-electron chi connectivity index (χ2n) is 8.53. The minimum Gasteiger partial charge on any atom is -0.363 e. The number of aromatic nitrogens is 4. The van der Waals surface area contributed by atoms with Crippen LogP contribution in [-0.2, 0) is 15.9 Å². The molecule has 4 heterocycles. The van der Waals surface area contributed by atoms with Crippen molar-refractivity contribution in [3.63, 3.8) is 0 Å². The van der Waals surface area contributed by atoms with Crippen LogP contribution in [0.1, 0.15) is 38.8 Å². The Labute approximate surface area is 188 Å². The summed E-state index contributed by atoms with van der Waals surface area (Å²) in [5.41, 5.74) is 3.62. The van der Waals surface area contributed by atoms with E-state index in [9.17, 15) is 0 Å². The molecule has 8 heteroatoms. The number of fused-ring (bicyclic) bond motifs is 1. The zero-order chi connectivity index (χ0) is 22.2. The van der Waals surface area contributed by atoms with Crippen molar-refractivity contribution in [2.45, 2.75) is 51.4 Å². The molecule has 0 amide bonds. The minimum atomic E-state index is -0.157. The lowest BCUT2D eigenvalue weighted by molar-refractivity contribution is 0.0949. The number of nitrogens with zero attached hydrogens (tertiary/aromatic N) is 5. The van der Waals surface area contributed by atoms with Gasteiger partial charge in [-0.25, -0.2) is 9.97 Å². The van der Waals surface area contributed by atoms with Gasteiger partial charge in [-0.1, -0.05) is 24.9 Å². The summed E-state index contributed by atoms with van der Waals surface area (Å²) in [5, 5.41) is 5.05. The van der Waals surface area contributed by atoms with E-state index in [2.05, 4.69) is 34.9 Å². The molecule has 3 aromatic heterocycles. The number of pyridine rings is 1. The van der Waals surface area contributed by atoms with Gasteiger partial charge >= 0.3 is 0 Å². The largest absolute Gasteiger partial charge is 0.363 e. The fourth-order valence-electron chi connectivity index (χ4n) is 4.37. The molecule has 0 aromatic carbocycles. The first-order valence-electron chi connectivity index (χ1n) is 10.7. The van der Waals surface area contributed by atoms with E-state index in [-0.39, 0.29) is 11.9 Å². The van der Waals surface area contributed by atoms with Crippen molar-refractivity contribution in [3.8, 4) is 11.1 Å². The van der Waals surface area contributed by atoms with Crippen molar-refractivity contribution in [1.29, 1.82) is 0 Å². The average Bonchev–Trinajstić information content (AvgIpc) is 3.25. The number of rotatable bonds is 9. The summed E-state index contributed by atoms with van der Waals surface area (Å²) in [5.74, 6) is 1.47. The van der Waals surface area contributed by atoms with E-state index in [4.69, 9.17) is 26.1 Å². The number of epoxide rings is 1. The molecule has 0 N–H and O–H groups in total. The first-order chi connectivity index (χ1) is 14.9. The maximum absolute atomic E-state index is 5.96. The van der Waals surface area contributed by atoms with Gasteiger partial charge in [0.2, 0.25) is 0 Å². The van der Waals surface area contributed by atoms with E-state index >= 15 is 0 Å². The highest BCUT2D eigenvalue weighted by Gasteiger charge is 2.57. The zero-order valence-electron chi connectivity index (χ0n) is 18.8. The number of methoxy groups -OCH3 is 1. The summed E-state index contributed by atoms with van der Waals surface area (Å²) >= 11 is 5.96. The van der Waals surface area contributed by atoms with Crippen LogP contribution in [0.25, 0.3) is 16.8 Å². The Bertz CT molecular complexity index is 1050. The molecule has 7 nitrogen and oxygen atoms in total. The molecule has 3 aromatic rings. The smallest absolute Gasteiger partial charge is 0.187 e. The SMILES string of the molecule is CCC(CCCc1cc(N(C)C)n2ncc(-c3ccc(Cl)nc3)c2n1)C1(C)OC1OC. The number of anilines is 1. The number of aryl methyl sites for hydroxylation is 1. The summed E-state index contributed by atoms with van der Waals surface area (Å²) in [4.78, 5) is 11.2. The lowest BCUT2D eigenvalue weighted by atomic mass is 9.86. The van der Waals surface area contributed by atoms with Gasteiger partial charge in [0.1, 0.15) is 16.6 Å². The van der Waals surface area contributed by atoms with Gasteiger partial charge in [-0.05, 0) is 44.2 Å². The van der Waals surface area contributed by atoms with Gasteiger partial charge in [-0.15, -0.1) is 0 Å². The van der Waals surface area contributed by atoms with Crippen LogP contribution in [0, 0.1) is 5.92 Å². The first-order valence-corrected chi connectivity index (χ1v) is 11.1. The Morgan fingerprint density at radius 2 is 2.13 bits per heavy atom. The van der Waals surface area contributed by atoms with Gasteiger partial charge < -0.3 is 14.4 Å². The van der Waals surface area contributed by atoms with E-state index in [1.165, 1.54) is 0 Å². The zero-order valence-corrected chi connectivity index (χ0v) is 19.6. The molecule has 0 saturated carbocycles. The molecular formula is C23H30ClN5O2. The lowest BCUT2D eigenvalue weighted by Gasteiger charge is -2.20. The summed E-state index contributed by atoms with van der Waals surface area (Å²) in [6.45, 7) is 4.37. The van der Waals surface area contributed by atoms with Gasteiger partial charge in [0.05, 0.1) is 6.20 Å². The Kier molecular flexibility index (Phi) is 6.19. The quantitative estimate of drug-likeness (QED) is 0.355. The third-order valence-electron chi connectivity index (χ3n) is 6.28. The van der Waals surface area contributed by atoms with Crippen molar-refractivity contribution in [2.24, 2.45) is 5.92 Å². The Balaban J connectivity index is 1.57. The summed E-state index contributed by atoms with van der Waals surface area (Å²) in [6, 6.07) is 5.86. The van der Waals surface area contributed by atoms with E-state index in [0.717, 1.165) is 54.0 Å². The highest BCUT2D eigenvalue weighted by molar-refractivity contribution is 6.29. The van der Waals surface area contributed by atoms with Crippen LogP contribution in [0.2, 0.25) is 5.15 Å². The normalized spacial score (nSPS) is 21.4. The molecule has 31 heavy (non-hydrogen) atoms. The molecule has 1 saturated heterocycles. The van der Waals surface area contributed by atoms with Crippen LogP contribution in [0.3, 0.4) is 0 Å². The van der Waals surface area contributed by atoms with Crippen molar-refractivity contribution in [2.75, 3.05) is 26.1 Å². The van der Waals surface area contributed by atoms with E-state index < -0.39 is 0 Å². The fraction of sp³-hybridized carbons (Fsp3) is 0.522. The molecule has 3 atom stereocenters. The first kappa shape index (κ1) is 22.0. The van der Waals surface area contributed by atoms with Gasteiger partial charge in [-0.2, -0.15) is 9.61 Å². The van der Waals surface area contributed by atoms with E-state index in [1.54, 1.807) is 19.4 Å². The van der Waals surface area contributed by atoms with Crippen LogP contribution in [0.15, 0.2) is 30.6 Å². The van der Waals surface area contributed by atoms with Crippen LogP contribution >= 0.6 is 11.6 Å². The third kappa shape index (κ3) is 4.27. The molecule has 0 spiro atoms. The molecule has 3 unspecified atom stereocenters. The predicted octanol–water partition coefficient (Wildman–Crippen LogP) is 4.62. The van der Waals surface area contributed by atoms with Crippen LogP contribution < -0.4 is 4.90 Å². The Hall–Kier alpha value is -2.22. The van der Waals surface area contributed by atoms with E-state index in [1.807, 2.05) is 30.9 Å². The van der Waals surface area contributed by atoms with Crippen molar-refractivity contribution < 1.29 is 9.47 Å². The molecule has 166 valence electrons. The van der Waals surface area contributed by atoms with Crippen LogP contribution in [0.4, 0.5) is 5.82 Å². The van der Waals surface area contributed by atoms with Gasteiger partial charge in [0, 0.05) is 50.3 Å². The summed E-state index contributed by atoms with van der Waals surface area (Å²) in [7, 11) is 5.75. The van der Waals surface area contributed by atoms with E-state index in [0.29, 0.717) is 11.1 Å². The number of halogens is 1. The Morgan fingerprint density at radius 3 is 2.74 bits per heavy atom. The number of hydrogen-bond donors (Lipinski definition) is 0. The second kappa shape index (κ2) is 8.73. The average molecular weight is 444 g/mol. The topological polar surface area (TPSA) is 68.1 Å². The second-order valence-corrected chi connectivity index (χ2v) is 8.92. The van der Waals surface area contributed by atoms with Crippen LogP contribution in [-0.4, -0.2) is 52.7 Å². The highest BCUT2D eigenvalue weighted by atomic mass is 35.5. The maximum atomic E-state index is 5.96. The summed E-state index contributed by atoms with van der Waals surface area (Å²) in [6.07, 6.45) is 7.60. The highest BCUT2D eigenvalue weighted by Crippen LogP contribution is 2.46. The summed E-state index contributed by atoms with van der Waals surface area (Å²) < 4.78 is 13.1. The standard InChI is InChI=1S/C23H30ClN5O2/c1-6-16(23(2)22(30-5)31-23)8-7-9-17-12-20(28(3)4)29-21(27-17)18(14-26-29)15-10-11-19(24)25-13-15/h10-14,16,22H,6-9H2,1-5H3.